The highest BCUT2D eigenvalue weighted by atomic mass is 16.2. The molecule has 0 saturated carbocycles. The Bertz CT molecular complexity index is 422. The standard InChI is InChI=1S/C11H15N5O/c1-8(4-12)7-16(3)11(17)9-5-15-10(13-2)6-14-9/h5-6,8H,7H2,1-3H3,(H,13,15). The number of rotatable bonds is 4. The summed E-state index contributed by atoms with van der Waals surface area (Å²) in [5.74, 6) is 0.172. The fraction of sp³-hybridized carbons (Fsp3) is 0.455. The molecule has 0 radical (unpaired) electrons. The first-order valence-corrected chi connectivity index (χ1v) is 5.23. The summed E-state index contributed by atoms with van der Waals surface area (Å²) < 4.78 is 0. The molecule has 0 bridgehead atoms. The third-order valence-corrected chi connectivity index (χ3v) is 2.24. The van der Waals surface area contributed by atoms with Gasteiger partial charge in [0.2, 0.25) is 0 Å². The zero-order valence-corrected chi connectivity index (χ0v) is 10.1. The van der Waals surface area contributed by atoms with Gasteiger partial charge in [0, 0.05) is 20.6 Å². The second-order valence-electron chi connectivity index (χ2n) is 3.75. The predicted molar refractivity (Wildman–Crippen MR) is 63.3 cm³/mol. The minimum Gasteiger partial charge on any atom is -0.372 e. The van der Waals surface area contributed by atoms with Gasteiger partial charge in [-0.05, 0) is 6.92 Å². The lowest BCUT2D eigenvalue weighted by molar-refractivity contribution is 0.0779. The molecule has 0 fully saturated rings. The van der Waals surface area contributed by atoms with Gasteiger partial charge in [-0.25, -0.2) is 9.97 Å². The van der Waals surface area contributed by atoms with Crippen molar-refractivity contribution in [2.45, 2.75) is 6.92 Å². The number of carbonyl (C=O) groups is 1. The maximum absolute atomic E-state index is 11.9. The van der Waals surface area contributed by atoms with Crippen LogP contribution in [0.5, 0.6) is 0 Å². The monoisotopic (exact) mass is 233 g/mol. The number of hydrogen-bond donors (Lipinski definition) is 1. The van der Waals surface area contributed by atoms with Crippen molar-refractivity contribution < 1.29 is 4.79 Å². The van der Waals surface area contributed by atoms with E-state index in [1.807, 2.05) is 0 Å². The van der Waals surface area contributed by atoms with E-state index in [0.717, 1.165) is 0 Å². The summed E-state index contributed by atoms with van der Waals surface area (Å²) in [6.07, 6.45) is 2.91. The minimum atomic E-state index is -0.234. The number of nitriles is 1. The molecule has 1 unspecified atom stereocenters. The Hall–Kier alpha value is -2.16. The topological polar surface area (TPSA) is 81.9 Å². The quantitative estimate of drug-likeness (QED) is 0.829. The molecule has 1 N–H and O–H groups in total. The molecular weight excluding hydrogens is 218 g/mol. The van der Waals surface area contributed by atoms with E-state index in [1.54, 1.807) is 21.0 Å². The Morgan fingerprint density at radius 3 is 2.76 bits per heavy atom. The maximum Gasteiger partial charge on any atom is 0.273 e. The highest BCUT2D eigenvalue weighted by molar-refractivity contribution is 5.91. The molecule has 0 aliphatic rings. The molecule has 1 heterocycles. The van der Waals surface area contributed by atoms with Crippen molar-refractivity contribution in [3.8, 4) is 6.07 Å². The van der Waals surface area contributed by atoms with Crippen LogP contribution in [0.25, 0.3) is 0 Å². The molecule has 1 aromatic heterocycles. The largest absolute Gasteiger partial charge is 0.372 e. The van der Waals surface area contributed by atoms with Crippen LogP contribution < -0.4 is 5.32 Å². The molecule has 0 saturated heterocycles. The third-order valence-electron chi connectivity index (χ3n) is 2.24. The highest BCUT2D eigenvalue weighted by Crippen LogP contribution is 2.04. The van der Waals surface area contributed by atoms with Gasteiger partial charge in [0.15, 0.2) is 0 Å². The molecule has 1 amide bonds. The lowest BCUT2D eigenvalue weighted by Gasteiger charge is -2.17. The van der Waals surface area contributed by atoms with Gasteiger partial charge in [-0.1, -0.05) is 0 Å². The first-order chi connectivity index (χ1) is 8.08. The predicted octanol–water partition coefficient (Wildman–Crippen LogP) is 0.750. The van der Waals surface area contributed by atoms with Crippen LogP contribution in [-0.4, -0.2) is 41.4 Å². The van der Waals surface area contributed by atoms with E-state index in [0.29, 0.717) is 12.4 Å². The highest BCUT2D eigenvalue weighted by Gasteiger charge is 2.15. The fourth-order valence-electron chi connectivity index (χ4n) is 1.30. The fourth-order valence-corrected chi connectivity index (χ4v) is 1.30. The molecule has 0 aromatic carbocycles. The molecular formula is C11H15N5O. The number of amides is 1. The first kappa shape index (κ1) is 12.9. The SMILES string of the molecule is CNc1cnc(C(=O)N(C)CC(C)C#N)cn1. The van der Waals surface area contributed by atoms with Crippen LogP contribution in [0.15, 0.2) is 12.4 Å². The number of nitrogens with zero attached hydrogens (tertiary/aromatic N) is 4. The second kappa shape index (κ2) is 5.80. The van der Waals surface area contributed by atoms with Gasteiger partial charge < -0.3 is 10.2 Å². The van der Waals surface area contributed by atoms with Crippen LogP contribution in [-0.2, 0) is 0 Å². The summed E-state index contributed by atoms with van der Waals surface area (Å²) >= 11 is 0. The molecule has 1 aromatic rings. The number of carbonyl (C=O) groups excluding carboxylic acids is 1. The zero-order chi connectivity index (χ0) is 12.8. The van der Waals surface area contributed by atoms with E-state index in [9.17, 15) is 4.79 Å². The second-order valence-corrected chi connectivity index (χ2v) is 3.75. The summed E-state index contributed by atoms with van der Waals surface area (Å²) in [5.41, 5.74) is 0.275. The Labute approximate surface area is 100 Å². The van der Waals surface area contributed by atoms with Crippen LogP contribution in [0.4, 0.5) is 5.82 Å². The smallest absolute Gasteiger partial charge is 0.273 e. The van der Waals surface area contributed by atoms with Crippen molar-refractivity contribution in [1.29, 1.82) is 5.26 Å². The van der Waals surface area contributed by atoms with E-state index >= 15 is 0 Å². The van der Waals surface area contributed by atoms with Crippen LogP contribution in [0.2, 0.25) is 0 Å². The summed E-state index contributed by atoms with van der Waals surface area (Å²) in [6, 6.07) is 2.08. The Balaban J connectivity index is 2.72. The van der Waals surface area contributed by atoms with Crippen LogP contribution in [0, 0.1) is 17.2 Å². The van der Waals surface area contributed by atoms with Crippen molar-refractivity contribution in [2.75, 3.05) is 26.0 Å². The number of nitrogens with one attached hydrogen (secondary N) is 1. The Morgan fingerprint density at radius 2 is 2.29 bits per heavy atom. The molecule has 1 atom stereocenters. The molecule has 6 heteroatoms. The Morgan fingerprint density at radius 1 is 1.59 bits per heavy atom. The normalized spacial score (nSPS) is 11.4. The van der Waals surface area contributed by atoms with Gasteiger partial charge in [-0.3, -0.25) is 4.79 Å². The molecule has 6 nitrogen and oxygen atoms in total. The van der Waals surface area contributed by atoms with Gasteiger partial charge in [0.05, 0.1) is 24.4 Å². The van der Waals surface area contributed by atoms with Crippen molar-refractivity contribution in [3.05, 3.63) is 18.1 Å². The minimum absolute atomic E-state index is 0.200. The van der Waals surface area contributed by atoms with Crippen LogP contribution in [0.1, 0.15) is 17.4 Å². The molecule has 1 rings (SSSR count). The summed E-state index contributed by atoms with van der Waals surface area (Å²) in [4.78, 5) is 21.4. The van der Waals surface area contributed by atoms with E-state index in [1.165, 1.54) is 17.3 Å². The van der Waals surface area contributed by atoms with Crippen molar-refractivity contribution >= 4 is 11.7 Å². The number of aromatic nitrogens is 2. The van der Waals surface area contributed by atoms with Crippen LogP contribution in [0.3, 0.4) is 0 Å². The molecule has 0 aliphatic carbocycles. The summed E-state index contributed by atoms with van der Waals surface area (Å²) in [7, 11) is 3.37. The Kier molecular flexibility index (Phi) is 4.40. The number of hydrogen-bond acceptors (Lipinski definition) is 5. The van der Waals surface area contributed by atoms with Gasteiger partial charge in [-0.15, -0.1) is 0 Å². The van der Waals surface area contributed by atoms with E-state index < -0.39 is 0 Å². The lowest BCUT2D eigenvalue weighted by Crippen LogP contribution is -2.31. The van der Waals surface area contributed by atoms with Crippen molar-refractivity contribution in [3.63, 3.8) is 0 Å². The van der Waals surface area contributed by atoms with E-state index in [2.05, 4.69) is 21.4 Å². The lowest BCUT2D eigenvalue weighted by atomic mass is 10.2. The zero-order valence-electron chi connectivity index (χ0n) is 10.1. The summed E-state index contributed by atoms with van der Waals surface area (Å²) in [5, 5.41) is 11.5. The first-order valence-electron chi connectivity index (χ1n) is 5.23. The van der Waals surface area contributed by atoms with Gasteiger partial charge >= 0.3 is 0 Å². The molecule has 0 spiro atoms. The summed E-state index contributed by atoms with van der Waals surface area (Å²) in [6.45, 7) is 2.14. The molecule has 17 heavy (non-hydrogen) atoms. The maximum atomic E-state index is 11.9. The van der Waals surface area contributed by atoms with Crippen molar-refractivity contribution in [1.82, 2.24) is 14.9 Å². The van der Waals surface area contributed by atoms with E-state index in [4.69, 9.17) is 5.26 Å². The van der Waals surface area contributed by atoms with Gasteiger partial charge in [0.25, 0.3) is 5.91 Å². The van der Waals surface area contributed by atoms with Crippen molar-refractivity contribution in [2.24, 2.45) is 5.92 Å². The number of anilines is 1. The third kappa shape index (κ3) is 3.41. The van der Waals surface area contributed by atoms with Gasteiger partial charge in [-0.2, -0.15) is 5.26 Å². The van der Waals surface area contributed by atoms with Gasteiger partial charge in [0.1, 0.15) is 11.5 Å². The van der Waals surface area contributed by atoms with Crippen LogP contribution >= 0.6 is 0 Å². The molecule has 90 valence electrons. The average molecular weight is 233 g/mol. The average Bonchev–Trinajstić information content (AvgIpc) is 2.37. The van der Waals surface area contributed by atoms with E-state index in [-0.39, 0.29) is 17.5 Å². The molecule has 0 aliphatic heterocycles.